The molecule has 1 aromatic heterocycles. The van der Waals surface area contributed by atoms with E-state index >= 15 is 0 Å². The lowest BCUT2D eigenvalue weighted by Crippen LogP contribution is -2.18. The largest absolute Gasteiger partial charge is 0.322 e. The first-order valence-electron chi connectivity index (χ1n) is 9.72. The summed E-state index contributed by atoms with van der Waals surface area (Å²) in [6.07, 6.45) is 4.83. The average Bonchev–Trinajstić information content (AvgIpc) is 3.39. The maximum atomic E-state index is 12.8. The lowest BCUT2D eigenvalue weighted by molar-refractivity contribution is 0.102. The van der Waals surface area contributed by atoms with Crippen molar-refractivity contribution in [3.63, 3.8) is 0 Å². The van der Waals surface area contributed by atoms with Crippen LogP contribution >= 0.6 is 0 Å². The van der Waals surface area contributed by atoms with Crippen LogP contribution in [0.3, 0.4) is 0 Å². The van der Waals surface area contributed by atoms with Crippen LogP contribution in [0.4, 0.5) is 5.69 Å². The molecule has 1 aliphatic carbocycles. The Kier molecular flexibility index (Phi) is 5.24. The Labute approximate surface area is 170 Å². The van der Waals surface area contributed by atoms with Gasteiger partial charge in [-0.25, -0.2) is 13.1 Å². The number of anilines is 1. The number of amides is 1. The molecule has 29 heavy (non-hydrogen) atoms. The molecule has 0 saturated heterocycles. The van der Waals surface area contributed by atoms with Crippen molar-refractivity contribution in [2.45, 2.75) is 42.8 Å². The van der Waals surface area contributed by atoms with E-state index in [0.29, 0.717) is 29.8 Å². The van der Waals surface area contributed by atoms with Crippen LogP contribution < -0.4 is 5.32 Å². The highest BCUT2D eigenvalue weighted by Crippen LogP contribution is 2.30. The standard InChI is InChI=1S/C22H23N3O3S/c1-16-21(15-23-25(16)18-9-3-2-4-10-18)22(26)24-17-8-7-13-20(14-17)29(27,28)19-11-5-6-12-19/h2-4,7-10,13-15,19H,5-6,11-12H2,1H3,(H,24,26). The lowest BCUT2D eigenvalue weighted by atomic mass is 10.2. The lowest BCUT2D eigenvalue weighted by Gasteiger charge is -2.12. The van der Waals surface area contributed by atoms with E-state index in [4.69, 9.17) is 0 Å². The normalized spacial score (nSPS) is 14.8. The number of hydrogen-bond donors (Lipinski definition) is 1. The summed E-state index contributed by atoms with van der Waals surface area (Å²) in [5.74, 6) is -0.319. The highest BCUT2D eigenvalue weighted by molar-refractivity contribution is 7.92. The average molecular weight is 410 g/mol. The molecule has 1 aliphatic rings. The minimum absolute atomic E-state index is 0.263. The molecule has 6 nitrogen and oxygen atoms in total. The van der Waals surface area contributed by atoms with E-state index in [9.17, 15) is 13.2 Å². The van der Waals surface area contributed by atoms with Crippen LogP contribution in [0, 0.1) is 6.92 Å². The summed E-state index contributed by atoms with van der Waals surface area (Å²) in [4.78, 5) is 13.0. The number of nitrogens with zero attached hydrogens (tertiary/aromatic N) is 2. The molecule has 0 bridgehead atoms. The van der Waals surface area contributed by atoms with E-state index in [1.165, 1.54) is 6.20 Å². The van der Waals surface area contributed by atoms with Crippen LogP contribution in [0.2, 0.25) is 0 Å². The number of carbonyl (C=O) groups excluding carboxylic acids is 1. The summed E-state index contributed by atoms with van der Waals surface area (Å²) in [5.41, 5.74) is 2.48. The van der Waals surface area contributed by atoms with Gasteiger partial charge in [0.2, 0.25) is 0 Å². The Morgan fingerprint density at radius 2 is 1.79 bits per heavy atom. The zero-order chi connectivity index (χ0) is 20.4. The summed E-state index contributed by atoms with van der Waals surface area (Å²) in [6, 6.07) is 16.1. The number of hydrogen-bond acceptors (Lipinski definition) is 4. The van der Waals surface area contributed by atoms with E-state index in [0.717, 1.165) is 18.5 Å². The van der Waals surface area contributed by atoms with Crippen LogP contribution in [0.5, 0.6) is 0 Å². The SMILES string of the molecule is Cc1c(C(=O)Nc2cccc(S(=O)(=O)C3CCCC3)c2)cnn1-c1ccccc1. The van der Waals surface area contributed by atoms with E-state index in [2.05, 4.69) is 10.4 Å². The van der Waals surface area contributed by atoms with Crippen molar-refractivity contribution in [1.29, 1.82) is 0 Å². The van der Waals surface area contributed by atoms with E-state index in [1.54, 1.807) is 28.9 Å². The Bertz CT molecular complexity index is 1130. The first kappa shape index (κ1) is 19.4. The Balaban J connectivity index is 1.56. The van der Waals surface area contributed by atoms with Crippen LogP contribution in [-0.2, 0) is 9.84 Å². The number of para-hydroxylation sites is 1. The van der Waals surface area contributed by atoms with Gasteiger partial charge in [-0.15, -0.1) is 0 Å². The number of rotatable bonds is 5. The maximum Gasteiger partial charge on any atom is 0.259 e. The molecule has 3 aromatic rings. The molecular formula is C22H23N3O3S. The van der Waals surface area contributed by atoms with Crippen LogP contribution in [0.25, 0.3) is 5.69 Å². The van der Waals surface area contributed by atoms with Gasteiger partial charge in [0, 0.05) is 5.69 Å². The number of nitrogens with one attached hydrogen (secondary N) is 1. The molecule has 2 aromatic carbocycles. The molecule has 0 spiro atoms. The van der Waals surface area contributed by atoms with Crippen molar-refractivity contribution < 1.29 is 13.2 Å². The number of carbonyl (C=O) groups is 1. The van der Waals surface area contributed by atoms with Gasteiger partial charge in [-0.3, -0.25) is 4.79 Å². The van der Waals surface area contributed by atoms with Crippen molar-refractivity contribution in [1.82, 2.24) is 9.78 Å². The molecule has 0 aliphatic heterocycles. The molecule has 150 valence electrons. The molecule has 7 heteroatoms. The van der Waals surface area contributed by atoms with Crippen LogP contribution in [0.1, 0.15) is 41.7 Å². The topological polar surface area (TPSA) is 81.1 Å². The monoisotopic (exact) mass is 409 g/mol. The molecule has 1 heterocycles. The Hall–Kier alpha value is -2.93. The summed E-state index contributed by atoms with van der Waals surface area (Å²) < 4.78 is 27.4. The van der Waals surface area contributed by atoms with E-state index in [1.807, 2.05) is 37.3 Å². The Morgan fingerprint density at radius 3 is 2.52 bits per heavy atom. The summed E-state index contributed by atoms with van der Waals surface area (Å²) in [6.45, 7) is 1.83. The minimum atomic E-state index is -3.37. The summed E-state index contributed by atoms with van der Waals surface area (Å²) in [7, 11) is -3.37. The third kappa shape index (κ3) is 3.82. The zero-order valence-corrected chi connectivity index (χ0v) is 17.0. The molecule has 4 rings (SSSR count). The smallest absolute Gasteiger partial charge is 0.259 e. The van der Waals surface area contributed by atoms with Gasteiger partial charge in [-0.1, -0.05) is 37.1 Å². The summed E-state index contributed by atoms with van der Waals surface area (Å²) >= 11 is 0. The minimum Gasteiger partial charge on any atom is -0.322 e. The van der Waals surface area contributed by atoms with E-state index < -0.39 is 9.84 Å². The van der Waals surface area contributed by atoms with Crippen molar-refractivity contribution in [3.05, 3.63) is 72.1 Å². The van der Waals surface area contributed by atoms with Crippen molar-refractivity contribution >= 4 is 21.4 Å². The predicted molar refractivity (Wildman–Crippen MR) is 112 cm³/mol. The highest BCUT2D eigenvalue weighted by Gasteiger charge is 2.30. The van der Waals surface area contributed by atoms with Crippen molar-refractivity contribution in [2.24, 2.45) is 0 Å². The summed E-state index contributed by atoms with van der Waals surface area (Å²) in [5, 5.41) is 6.81. The second-order valence-electron chi connectivity index (χ2n) is 7.32. The molecule has 1 amide bonds. The van der Waals surface area contributed by atoms with Gasteiger partial charge in [0.25, 0.3) is 5.91 Å². The second-order valence-corrected chi connectivity index (χ2v) is 9.55. The molecule has 1 fully saturated rings. The first-order chi connectivity index (χ1) is 14.0. The number of aromatic nitrogens is 2. The molecule has 1 saturated carbocycles. The predicted octanol–water partition coefficient (Wildman–Crippen LogP) is 4.15. The fraction of sp³-hybridized carbons (Fsp3) is 0.273. The molecule has 0 atom stereocenters. The fourth-order valence-electron chi connectivity index (χ4n) is 3.80. The third-order valence-corrected chi connectivity index (χ3v) is 7.68. The quantitative estimate of drug-likeness (QED) is 0.686. The first-order valence-corrected chi connectivity index (χ1v) is 11.3. The van der Waals surface area contributed by atoms with Gasteiger partial charge in [-0.05, 0) is 50.1 Å². The number of benzene rings is 2. The fourth-order valence-corrected chi connectivity index (χ4v) is 5.70. The maximum absolute atomic E-state index is 12.8. The van der Waals surface area contributed by atoms with Gasteiger partial charge in [-0.2, -0.15) is 5.10 Å². The third-order valence-electron chi connectivity index (χ3n) is 5.42. The van der Waals surface area contributed by atoms with Gasteiger partial charge in [0.05, 0.1) is 33.3 Å². The van der Waals surface area contributed by atoms with Gasteiger partial charge >= 0.3 is 0 Å². The number of sulfone groups is 1. The van der Waals surface area contributed by atoms with Gasteiger partial charge in [0.15, 0.2) is 9.84 Å². The van der Waals surface area contributed by atoms with Gasteiger partial charge < -0.3 is 5.32 Å². The van der Waals surface area contributed by atoms with Crippen molar-refractivity contribution in [3.8, 4) is 5.69 Å². The highest BCUT2D eigenvalue weighted by atomic mass is 32.2. The zero-order valence-electron chi connectivity index (χ0n) is 16.2. The van der Waals surface area contributed by atoms with Crippen LogP contribution in [-0.4, -0.2) is 29.4 Å². The molecule has 1 N–H and O–H groups in total. The van der Waals surface area contributed by atoms with Gasteiger partial charge in [0.1, 0.15) is 0 Å². The molecule has 0 unspecified atom stereocenters. The Morgan fingerprint density at radius 1 is 1.07 bits per heavy atom. The second kappa shape index (κ2) is 7.83. The van der Waals surface area contributed by atoms with Crippen LogP contribution in [0.15, 0.2) is 65.7 Å². The van der Waals surface area contributed by atoms with Crippen molar-refractivity contribution in [2.75, 3.05) is 5.32 Å². The molecule has 0 radical (unpaired) electrons. The molecular weight excluding hydrogens is 386 g/mol. The van der Waals surface area contributed by atoms with E-state index in [-0.39, 0.29) is 16.1 Å².